The minimum absolute atomic E-state index is 0.000556. The molecule has 4 nitrogen and oxygen atoms in total. The van der Waals surface area contributed by atoms with Gasteiger partial charge in [0.2, 0.25) is 5.91 Å². The summed E-state index contributed by atoms with van der Waals surface area (Å²) in [5.41, 5.74) is 5.60. The number of aliphatic hydroxyl groups is 1. The maximum atomic E-state index is 12.4. The lowest BCUT2D eigenvalue weighted by atomic mass is 9.76. The van der Waals surface area contributed by atoms with Crippen LogP contribution in [0.1, 0.15) is 51.9 Å². The predicted octanol–water partition coefficient (Wildman–Crippen LogP) is 1.17. The van der Waals surface area contributed by atoms with Crippen molar-refractivity contribution in [1.29, 1.82) is 0 Å². The summed E-state index contributed by atoms with van der Waals surface area (Å²) in [7, 11) is 0. The van der Waals surface area contributed by atoms with Crippen molar-refractivity contribution in [2.75, 3.05) is 6.61 Å². The maximum Gasteiger partial charge on any atom is 0.240 e. The van der Waals surface area contributed by atoms with Crippen LogP contribution in [0.3, 0.4) is 0 Å². The first-order valence-electron chi connectivity index (χ1n) is 7.26. The number of hydrogen-bond donors (Lipinski definition) is 3. The van der Waals surface area contributed by atoms with Crippen molar-refractivity contribution in [2.45, 2.75) is 63.5 Å². The average Bonchev–Trinajstić information content (AvgIpc) is 2.76. The van der Waals surface area contributed by atoms with Crippen LogP contribution < -0.4 is 11.1 Å². The Morgan fingerprint density at radius 3 is 2.83 bits per heavy atom. The number of aliphatic hydroxyl groups excluding tert-OH is 1. The van der Waals surface area contributed by atoms with Crippen LogP contribution in [-0.2, 0) is 4.79 Å². The van der Waals surface area contributed by atoms with Crippen molar-refractivity contribution < 1.29 is 9.90 Å². The minimum Gasteiger partial charge on any atom is -0.396 e. The zero-order valence-corrected chi connectivity index (χ0v) is 11.3. The van der Waals surface area contributed by atoms with Crippen molar-refractivity contribution >= 4 is 5.91 Å². The summed E-state index contributed by atoms with van der Waals surface area (Å²) in [5.74, 6) is 0.754. The van der Waals surface area contributed by atoms with Gasteiger partial charge in [-0.25, -0.2) is 0 Å². The number of carbonyl (C=O) groups is 1. The van der Waals surface area contributed by atoms with E-state index in [1.165, 1.54) is 6.42 Å². The first-order valence-corrected chi connectivity index (χ1v) is 7.26. The highest BCUT2D eigenvalue weighted by Gasteiger charge is 2.40. The van der Waals surface area contributed by atoms with Gasteiger partial charge in [-0.3, -0.25) is 4.79 Å². The molecule has 4 N–H and O–H groups in total. The third-order valence-electron chi connectivity index (χ3n) is 4.69. The fraction of sp³-hybridized carbons (Fsp3) is 0.929. The van der Waals surface area contributed by atoms with Crippen LogP contribution in [-0.4, -0.2) is 29.2 Å². The summed E-state index contributed by atoms with van der Waals surface area (Å²) < 4.78 is 0. The fourth-order valence-corrected chi connectivity index (χ4v) is 3.56. The molecule has 0 aromatic rings. The smallest absolute Gasteiger partial charge is 0.240 e. The molecule has 104 valence electrons. The van der Waals surface area contributed by atoms with E-state index in [4.69, 9.17) is 5.73 Å². The average molecular weight is 254 g/mol. The van der Waals surface area contributed by atoms with E-state index in [-0.39, 0.29) is 24.5 Å². The van der Waals surface area contributed by atoms with Gasteiger partial charge in [0.05, 0.1) is 5.54 Å². The van der Waals surface area contributed by atoms with E-state index in [2.05, 4.69) is 12.2 Å². The molecular formula is C14H26N2O2. The quantitative estimate of drug-likeness (QED) is 0.707. The Hall–Kier alpha value is -0.610. The van der Waals surface area contributed by atoms with Crippen molar-refractivity contribution in [1.82, 2.24) is 5.32 Å². The molecule has 2 saturated carbocycles. The third kappa shape index (κ3) is 2.86. The molecule has 1 amide bonds. The number of carbonyl (C=O) groups excluding carboxylic acids is 1. The van der Waals surface area contributed by atoms with Crippen LogP contribution in [0.5, 0.6) is 0 Å². The third-order valence-corrected chi connectivity index (χ3v) is 4.69. The lowest BCUT2D eigenvalue weighted by Crippen LogP contribution is -2.58. The van der Waals surface area contributed by atoms with E-state index >= 15 is 0 Å². The topological polar surface area (TPSA) is 75.4 Å². The first-order chi connectivity index (χ1) is 8.55. The molecule has 0 heterocycles. The summed E-state index contributed by atoms with van der Waals surface area (Å²) in [4.78, 5) is 12.4. The highest BCUT2D eigenvalue weighted by atomic mass is 16.3. The van der Waals surface area contributed by atoms with Crippen LogP contribution >= 0.6 is 0 Å². The van der Waals surface area contributed by atoms with Gasteiger partial charge < -0.3 is 16.2 Å². The molecule has 0 aromatic heterocycles. The molecule has 4 atom stereocenters. The molecule has 4 unspecified atom stereocenters. The molecule has 2 fully saturated rings. The summed E-state index contributed by atoms with van der Waals surface area (Å²) >= 11 is 0. The van der Waals surface area contributed by atoms with Crippen molar-refractivity contribution in [3.63, 3.8) is 0 Å². The molecule has 2 aliphatic carbocycles. The van der Waals surface area contributed by atoms with E-state index in [9.17, 15) is 9.90 Å². The SMILES string of the molecule is CC1CCCC(N)(C(=O)NC2CCCC2CO)C1. The van der Waals surface area contributed by atoms with Crippen molar-refractivity contribution in [2.24, 2.45) is 17.6 Å². The van der Waals surface area contributed by atoms with Gasteiger partial charge in [-0.2, -0.15) is 0 Å². The van der Waals surface area contributed by atoms with Crippen LogP contribution in [0.15, 0.2) is 0 Å². The summed E-state index contributed by atoms with van der Waals surface area (Å²) in [6.07, 6.45) is 6.87. The summed E-state index contributed by atoms with van der Waals surface area (Å²) in [5, 5.41) is 12.4. The summed E-state index contributed by atoms with van der Waals surface area (Å²) in [6.45, 7) is 2.33. The first kappa shape index (κ1) is 13.8. The Labute approximate surface area is 109 Å². The van der Waals surface area contributed by atoms with Gasteiger partial charge in [0.15, 0.2) is 0 Å². The fourth-order valence-electron chi connectivity index (χ4n) is 3.56. The van der Waals surface area contributed by atoms with Gasteiger partial charge in [0, 0.05) is 18.6 Å². The van der Waals surface area contributed by atoms with E-state index in [1.54, 1.807) is 0 Å². The van der Waals surface area contributed by atoms with Gasteiger partial charge in [0.1, 0.15) is 0 Å². The predicted molar refractivity (Wildman–Crippen MR) is 70.9 cm³/mol. The molecule has 2 rings (SSSR count). The van der Waals surface area contributed by atoms with Gasteiger partial charge in [-0.05, 0) is 31.6 Å². The van der Waals surface area contributed by atoms with E-state index in [0.29, 0.717) is 5.92 Å². The molecule has 0 saturated heterocycles. The largest absolute Gasteiger partial charge is 0.396 e. The van der Waals surface area contributed by atoms with Crippen LogP contribution in [0.2, 0.25) is 0 Å². The second kappa shape index (κ2) is 5.57. The van der Waals surface area contributed by atoms with Crippen LogP contribution in [0.4, 0.5) is 0 Å². The number of nitrogens with two attached hydrogens (primary N) is 1. The molecule has 0 spiro atoms. The molecule has 0 aromatic carbocycles. The highest BCUT2D eigenvalue weighted by Crippen LogP contribution is 2.32. The van der Waals surface area contributed by atoms with Gasteiger partial charge in [0.25, 0.3) is 0 Å². The van der Waals surface area contributed by atoms with Gasteiger partial charge in [-0.15, -0.1) is 0 Å². The number of amides is 1. The van der Waals surface area contributed by atoms with E-state index in [1.807, 2.05) is 0 Å². The number of hydrogen-bond acceptors (Lipinski definition) is 3. The Kier molecular flexibility index (Phi) is 4.28. The molecule has 18 heavy (non-hydrogen) atoms. The van der Waals surface area contributed by atoms with Crippen LogP contribution in [0, 0.1) is 11.8 Å². The molecule has 2 aliphatic rings. The second-order valence-corrected chi connectivity index (χ2v) is 6.31. The molecule has 0 aliphatic heterocycles. The molecule has 0 radical (unpaired) electrons. The monoisotopic (exact) mass is 254 g/mol. The zero-order chi connectivity index (χ0) is 13.2. The van der Waals surface area contributed by atoms with Crippen molar-refractivity contribution in [3.05, 3.63) is 0 Å². The second-order valence-electron chi connectivity index (χ2n) is 6.31. The molecule has 0 bridgehead atoms. The highest BCUT2D eigenvalue weighted by molar-refractivity contribution is 5.86. The summed E-state index contributed by atoms with van der Waals surface area (Å²) in [6, 6.07) is 0.125. The Morgan fingerprint density at radius 2 is 2.17 bits per heavy atom. The van der Waals surface area contributed by atoms with Crippen molar-refractivity contribution in [3.8, 4) is 0 Å². The van der Waals surface area contributed by atoms with Gasteiger partial charge in [-0.1, -0.05) is 26.2 Å². The number of rotatable bonds is 3. The minimum atomic E-state index is -0.680. The van der Waals surface area contributed by atoms with E-state index in [0.717, 1.165) is 38.5 Å². The standard InChI is InChI=1S/C14H26N2O2/c1-10-4-3-7-14(15,8-10)13(18)16-12-6-2-5-11(12)9-17/h10-12,17H,2-9,15H2,1H3,(H,16,18). The maximum absolute atomic E-state index is 12.4. The van der Waals surface area contributed by atoms with E-state index < -0.39 is 5.54 Å². The Bertz CT molecular complexity index is 308. The normalized spacial score (nSPS) is 40.7. The Balaban J connectivity index is 1.94. The van der Waals surface area contributed by atoms with Gasteiger partial charge >= 0.3 is 0 Å². The molecular weight excluding hydrogens is 228 g/mol. The zero-order valence-electron chi connectivity index (χ0n) is 11.3. The number of nitrogens with one attached hydrogen (secondary N) is 1. The lowest BCUT2D eigenvalue weighted by Gasteiger charge is -2.36. The Morgan fingerprint density at radius 1 is 1.39 bits per heavy atom. The lowest BCUT2D eigenvalue weighted by molar-refractivity contribution is -0.129. The van der Waals surface area contributed by atoms with Crippen LogP contribution in [0.25, 0.3) is 0 Å². The molecule has 4 heteroatoms.